The summed E-state index contributed by atoms with van der Waals surface area (Å²) in [7, 11) is -9.97. The van der Waals surface area contributed by atoms with Gasteiger partial charge in [0.1, 0.15) is 19.3 Å². The second-order valence-electron chi connectivity index (χ2n) is 23.4. The van der Waals surface area contributed by atoms with Crippen molar-refractivity contribution in [2.75, 3.05) is 39.6 Å². The van der Waals surface area contributed by atoms with Gasteiger partial charge in [-0.3, -0.25) is 37.3 Å². The normalized spacial score (nSPS) is 14.8. The van der Waals surface area contributed by atoms with Gasteiger partial charge in [-0.2, -0.15) is 0 Å². The average Bonchev–Trinajstić information content (AvgIpc) is 1.35. The lowest BCUT2D eigenvalue weighted by molar-refractivity contribution is -0.161. The molecule has 17 nitrogen and oxygen atoms in total. The molecule has 0 aliphatic heterocycles. The highest BCUT2D eigenvalue weighted by Gasteiger charge is 2.30. The maximum atomic E-state index is 13.0. The number of phosphoric ester groups is 2. The van der Waals surface area contributed by atoms with E-state index in [2.05, 4.69) is 125 Å². The predicted molar refractivity (Wildman–Crippen MR) is 381 cm³/mol. The van der Waals surface area contributed by atoms with E-state index >= 15 is 0 Å². The molecule has 0 spiro atoms. The summed E-state index contributed by atoms with van der Waals surface area (Å²) in [5.41, 5.74) is 0. The molecule has 0 aromatic heterocycles. The third-order valence-electron chi connectivity index (χ3n) is 14.4. The van der Waals surface area contributed by atoms with E-state index in [9.17, 15) is 43.2 Å². The minimum atomic E-state index is -4.99. The molecule has 0 aromatic rings. The lowest BCUT2D eigenvalue weighted by atomic mass is 10.1. The molecule has 0 aliphatic rings. The van der Waals surface area contributed by atoms with Gasteiger partial charge in [0.2, 0.25) is 0 Å². The van der Waals surface area contributed by atoms with Gasteiger partial charge in [-0.05, 0) is 109 Å². The van der Waals surface area contributed by atoms with E-state index in [4.69, 9.17) is 37.0 Å². The van der Waals surface area contributed by atoms with Gasteiger partial charge >= 0.3 is 39.5 Å². The molecule has 538 valence electrons. The van der Waals surface area contributed by atoms with Crippen molar-refractivity contribution in [2.45, 2.75) is 290 Å². The first-order valence-electron chi connectivity index (χ1n) is 35.8. The first-order chi connectivity index (χ1) is 45.7. The van der Waals surface area contributed by atoms with E-state index in [1.165, 1.54) is 38.5 Å². The summed E-state index contributed by atoms with van der Waals surface area (Å²) < 4.78 is 68.1. The number of phosphoric acid groups is 2. The van der Waals surface area contributed by atoms with Crippen LogP contribution in [-0.2, 0) is 65.4 Å². The maximum absolute atomic E-state index is 13.0. The van der Waals surface area contributed by atoms with Crippen molar-refractivity contribution in [3.05, 3.63) is 122 Å². The number of hydrogen-bond donors (Lipinski definition) is 3. The molecule has 0 saturated carbocycles. The number of carbonyl (C=O) groups is 4. The van der Waals surface area contributed by atoms with Crippen LogP contribution in [0.4, 0.5) is 0 Å². The molecule has 94 heavy (non-hydrogen) atoms. The number of aliphatic hydroxyl groups is 1. The SMILES string of the molecule is CC/C=C\C/C=C\C/C=C\C/C=C\C/C=C\CC(=O)OCC(COP(=O)(O)OCC(O)COP(=O)(O)OCC(COC(=O)CCCCCCC/C=C\C/C=C\C/C=C\CC)OC(=O)CCCCCCC/C=C\C/C=C\CCC)OC(=O)CCCCCCCCCCCCC. The van der Waals surface area contributed by atoms with Crippen LogP contribution < -0.4 is 0 Å². The summed E-state index contributed by atoms with van der Waals surface area (Å²) in [6, 6.07) is 0. The lowest BCUT2D eigenvalue weighted by Gasteiger charge is -2.21. The van der Waals surface area contributed by atoms with Gasteiger partial charge in [0, 0.05) is 19.3 Å². The van der Waals surface area contributed by atoms with Gasteiger partial charge in [0.25, 0.3) is 0 Å². The fraction of sp³-hybridized carbons (Fsp3) is 0.680. The molecule has 5 unspecified atom stereocenters. The van der Waals surface area contributed by atoms with Crippen molar-refractivity contribution in [3.8, 4) is 0 Å². The van der Waals surface area contributed by atoms with E-state index in [0.29, 0.717) is 25.7 Å². The Balaban J connectivity index is 5.41. The van der Waals surface area contributed by atoms with Crippen molar-refractivity contribution in [1.82, 2.24) is 0 Å². The van der Waals surface area contributed by atoms with Gasteiger partial charge in [-0.25, -0.2) is 9.13 Å². The largest absolute Gasteiger partial charge is 0.472 e. The molecule has 3 N–H and O–H groups in total. The van der Waals surface area contributed by atoms with Crippen LogP contribution in [0.1, 0.15) is 272 Å². The Morgan fingerprint density at radius 3 is 0.989 bits per heavy atom. The molecule has 0 saturated heterocycles. The average molecular weight is 1360 g/mol. The van der Waals surface area contributed by atoms with Crippen molar-refractivity contribution < 1.29 is 80.2 Å². The van der Waals surface area contributed by atoms with Crippen molar-refractivity contribution in [3.63, 3.8) is 0 Å². The monoisotopic (exact) mass is 1360 g/mol. The smallest absolute Gasteiger partial charge is 0.462 e. The summed E-state index contributed by atoms with van der Waals surface area (Å²) in [6.07, 6.45) is 71.0. The Labute approximate surface area is 568 Å². The van der Waals surface area contributed by atoms with E-state index in [-0.39, 0.29) is 25.7 Å². The zero-order chi connectivity index (χ0) is 69.0. The van der Waals surface area contributed by atoms with Gasteiger partial charge in [0.15, 0.2) is 12.2 Å². The molecule has 0 fully saturated rings. The third-order valence-corrected chi connectivity index (χ3v) is 16.3. The fourth-order valence-corrected chi connectivity index (χ4v) is 10.6. The van der Waals surface area contributed by atoms with Crippen LogP contribution in [0.3, 0.4) is 0 Å². The Kier molecular flexibility index (Phi) is 63.8. The number of carbonyl (C=O) groups excluding carboxylic acids is 4. The number of unbranched alkanes of at least 4 members (excludes halogenated alkanes) is 21. The Morgan fingerprint density at radius 1 is 0.319 bits per heavy atom. The maximum Gasteiger partial charge on any atom is 0.472 e. The zero-order valence-corrected chi connectivity index (χ0v) is 60.1. The molecular weight excluding hydrogens is 1230 g/mol. The van der Waals surface area contributed by atoms with E-state index in [1.54, 1.807) is 6.08 Å². The predicted octanol–water partition coefficient (Wildman–Crippen LogP) is 20.0. The van der Waals surface area contributed by atoms with Crippen molar-refractivity contribution >= 4 is 39.5 Å². The van der Waals surface area contributed by atoms with Crippen LogP contribution in [0.15, 0.2) is 122 Å². The van der Waals surface area contributed by atoms with Crippen LogP contribution in [-0.4, -0.2) is 96.7 Å². The van der Waals surface area contributed by atoms with Crippen LogP contribution in [0.2, 0.25) is 0 Å². The molecule has 0 aromatic carbocycles. The highest BCUT2D eigenvalue weighted by Crippen LogP contribution is 2.45. The van der Waals surface area contributed by atoms with E-state index in [0.717, 1.165) is 154 Å². The first-order valence-corrected chi connectivity index (χ1v) is 38.8. The molecule has 5 atom stereocenters. The van der Waals surface area contributed by atoms with Gasteiger partial charge in [-0.15, -0.1) is 0 Å². The van der Waals surface area contributed by atoms with Gasteiger partial charge in [-0.1, -0.05) is 258 Å². The van der Waals surface area contributed by atoms with Gasteiger partial charge < -0.3 is 33.8 Å². The van der Waals surface area contributed by atoms with E-state index < -0.39 is 97.5 Å². The minimum absolute atomic E-state index is 0.0707. The van der Waals surface area contributed by atoms with E-state index in [1.807, 2.05) is 18.2 Å². The molecule has 0 aliphatic carbocycles. The standard InChI is InChI=1S/C75H126O17P2/c1-5-9-13-17-21-25-29-32-34-37-40-43-47-51-55-59-72(77)85-65-70(91-74(79)61-57-53-49-45-39-28-24-20-16-12-8-4)67-89-93(81,82)87-63-69(76)64-88-94(83,84)90-68-71(92-75(80)62-58-54-50-46-42-36-31-27-23-19-15-11-7-3)66-86-73(78)60-56-52-48-44-41-38-35-33-30-26-22-18-14-10-6-2/h9-10,13-15,19,21-22,25-27,31-35,40,43,51,55,69-71,76H,5-8,11-12,16-18,20,23-24,28-30,36-39,41-42,44-50,52-54,56-68H2,1-4H3,(H,81,82)(H,83,84)/b13-9-,14-10-,19-15-,25-21-,26-22-,31-27-,34-32-,35-33-,43-40-,55-51-. The minimum Gasteiger partial charge on any atom is -0.462 e. The highest BCUT2D eigenvalue weighted by molar-refractivity contribution is 7.47. The second-order valence-corrected chi connectivity index (χ2v) is 26.3. The highest BCUT2D eigenvalue weighted by atomic mass is 31.2. The summed E-state index contributed by atoms with van der Waals surface area (Å²) >= 11 is 0. The lowest BCUT2D eigenvalue weighted by Crippen LogP contribution is -2.30. The molecular formula is C75H126O17P2. The summed E-state index contributed by atoms with van der Waals surface area (Å²) in [6.45, 7) is 4.40. The number of hydrogen-bond acceptors (Lipinski definition) is 15. The third kappa shape index (κ3) is 66.1. The topological polar surface area (TPSA) is 237 Å². The molecule has 0 heterocycles. The second kappa shape index (κ2) is 67.0. The molecule has 0 rings (SSSR count). The summed E-state index contributed by atoms with van der Waals surface area (Å²) in [5.74, 6) is -2.36. The van der Waals surface area contributed by atoms with Crippen molar-refractivity contribution in [1.29, 1.82) is 0 Å². The molecule has 0 amide bonds. The number of rotatable bonds is 66. The summed E-state index contributed by atoms with van der Waals surface area (Å²) in [5, 5.41) is 10.6. The Hall–Kier alpha value is -4.54. The fourth-order valence-electron chi connectivity index (χ4n) is 9.05. The van der Waals surface area contributed by atoms with Gasteiger partial charge in [0.05, 0.1) is 32.8 Å². The number of ether oxygens (including phenoxy) is 4. The molecule has 19 heteroatoms. The van der Waals surface area contributed by atoms with Crippen molar-refractivity contribution in [2.24, 2.45) is 0 Å². The molecule has 0 bridgehead atoms. The first kappa shape index (κ1) is 89.5. The Morgan fingerprint density at radius 2 is 0.617 bits per heavy atom. The number of allylic oxidation sites excluding steroid dienone is 19. The van der Waals surface area contributed by atoms with Crippen LogP contribution in [0.5, 0.6) is 0 Å². The zero-order valence-electron chi connectivity index (χ0n) is 58.3. The summed E-state index contributed by atoms with van der Waals surface area (Å²) in [4.78, 5) is 72.5. The molecule has 0 radical (unpaired) electrons. The quantitative estimate of drug-likeness (QED) is 0.0169. The van der Waals surface area contributed by atoms with Crippen LogP contribution in [0.25, 0.3) is 0 Å². The number of aliphatic hydroxyl groups excluding tert-OH is 1. The van der Waals surface area contributed by atoms with Crippen LogP contribution in [0, 0.1) is 0 Å². The Bertz CT molecular complexity index is 2270. The van der Waals surface area contributed by atoms with Crippen LogP contribution >= 0.6 is 15.6 Å². The number of esters is 4.